The fraction of sp³-hybridized carbons (Fsp3) is 0.500. The summed E-state index contributed by atoms with van der Waals surface area (Å²) in [5.41, 5.74) is 2.90. The molecule has 2 aliphatic heterocycles. The quantitative estimate of drug-likeness (QED) is 0.621. The first-order chi connectivity index (χ1) is 8.11. The highest BCUT2D eigenvalue weighted by Crippen LogP contribution is 2.37. The summed E-state index contributed by atoms with van der Waals surface area (Å²) in [6.45, 7) is 5.56. The third-order valence-electron chi connectivity index (χ3n) is 4.63. The Balaban J connectivity index is 2.04. The Morgan fingerprint density at radius 2 is 1.82 bits per heavy atom. The summed E-state index contributed by atoms with van der Waals surface area (Å²) in [7, 11) is 4.44. The molecule has 5 heteroatoms. The Hall–Kier alpha value is -0.930. The lowest BCUT2D eigenvalue weighted by Gasteiger charge is -2.50. The third kappa shape index (κ3) is 1.45. The molecule has 0 aliphatic carbocycles. The normalized spacial score (nSPS) is 25.2. The van der Waals surface area contributed by atoms with Gasteiger partial charge in [-0.05, 0) is 25.7 Å². The van der Waals surface area contributed by atoms with E-state index in [4.69, 9.17) is 0 Å². The molecule has 0 N–H and O–H groups in total. The molecule has 0 spiro atoms. The van der Waals surface area contributed by atoms with Crippen LogP contribution in [0.1, 0.15) is 5.56 Å². The first-order valence-corrected chi connectivity index (χ1v) is 6.41. The van der Waals surface area contributed by atoms with Gasteiger partial charge in [0.2, 0.25) is 0 Å². The van der Waals surface area contributed by atoms with E-state index in [9.17, 15) is 0 Å². The van der Waals surface area contributed by atoms with Crippen LogP contribution in [0.4, 0.5) is 5.69 Å². The van der Waals surface area contributed by atoms with Gasteiger partial charge in [-0.2, -0.15) is 0 Å². The number of benzene rings is 1. The van der Waals surface area contributed by atoms with Crippen molar-refractivity contribution in [3.63, 3.8) is 0 Å². The van der Waals surface area contributed by atoms with Crippen LogP contribution in [-0.2, 0) is 6.42 Å². The van der Waals surface area contributed by atoms with Crippen LogP contribution in [0.15, 0.2) is 24.3 Å². The van der Waals surface area contributed by atoms with Crippen molar-refractivity contribution in [3.8, 4) is 0 Å². The number of likely N-dealkylation sites (N-methyl/N-ethyl adjacent to an activating group) is 1. The molecule has 1 aromatic carbocycles. The minimum Gasteiger partial charge on any atom is -0.387 e. The molecule has 2 aliphatic rings. The summed E-state index contributed by atoms with van der Waals surface area (Å²) in [5.74, 6) is 0. The van der Waals surface area contributed by atoms with Gasteiger partial charge in [0.1, 0.15) is 0 Å². The van der Waals surface area contributed by atoms with Crippen LogP contribution in [0.5, 0.6) is 0 Å². The van der Waals surface area contributed by atoms with Crippen LogP contribution >= 0.6 is 0 Å². The van der Waals surface area contributed by atoms with Gasteiger partial charge < -0.3 is 14.3 Å². The lowest BCUT2D eigenvalue weighted by Crippen LogP contribution is -2.71. The molecular formula is C12H19B2N3. The fourth-order valence-corrected chi connectivity index (χ4v) is 3.23. The van der Waals surface area contributed by atoms with Crippen LogP contribution < -0.4 is 4.81 Å². The number of rotatable bonds is 0. The Morgan fingerprint density at radius 1 is 1.12 bits per heavy atom. The predicted molar refractivity (Wildman–Crippen MR) is 75.2 cm³/mol. The van der Waals surface area contributed by atoms with E-state index in [0.717, 1.165) is 6.42 Å². The zero-order chi connectivity index (χ0) is 12.2. The van der Waals surface area contributed by atoms with Crippen molar-refractivity contribution in [2.75, 3.05) is 18.9 Å². The topological polar surface area (TPSA) is 9.72 Å². The van der Waals surface area contributed by atoms with Crippen molar-refractivity contribution in [3.05, 3.63) is 29.8 Å². The van der Waals surface area contributed by atoms with Crippen molar-refractivity contribution in [2.24, 2.45) is 0 Å². The summed E-state index contributed by atoms with van der Waals surface area (Å²) in [6, 6.07) is 8.81. The van der Waals surface area contributed by atoms with Crippen molar-refractivity contribution >= 4 is 19.7 Å². The third-order valence-corrected chi connectivity index (χ3v) is 4.63. The van der Waals surface area contributed by atoms with Gasteiger partial charge in [0, 0.05) is 12.1 Å². The maximum absolute atomic E-state index is 2.55. The van der Waals surface area contributed by atoms with Gasteiger partial charge in [-0.25, -0.2) is 0 Å². The molecule has 0 bridgehead atoms. The zero-order valence-electron chi connectivity index (χ0n) is 11.1. The molecule has 0 saturated carbocycles. The van der Waals surface area contributed by atoms with Gasteiger partial charge in [0.05, 0.1) is 6.17 Å². The van der Waals surface area contributed by atoms with Crippen LogP contribution in [0.25, 0.3) is 0 Å². The van der Waals surface area contributed by atoms with E-state index in [1.54, 1.807) is 0 Å². The average Bonchev–Trinajstić information content (AvgIpc) is 2.73. The molecule has 2 heterocycles. The van der Waals surface area contributed by atoms with Crippen LogP contribution in [0, 0.1) is 0 Å². The highest BCUT2D eigenvalue weighted by Gasteiger charge is 2.46. The van der Waals surface area contributed by atoms with Crippen LogP contribution in [0.2, 0.25) is 13.6 Å². The van der Waals surface area contributed by atoms with Crippen LogP contribution in [-0.4, -0.2) is 43.8 Å². The van der Waals surface area contributed by atoms with E-state index in [-0.39, 0.29) is 0 Å². The first-order valence-electron chi connectivity index (χ1n) is 6.41. The highest BCUT2D eigenvalue weighted by atomic mass is 15.4. The molecule has 1 fully saturated rings. The molecule has 3 rings (SSSR count). The van der Waals surface area contributed by atoms with E-state index < -0.39 is 0 Å². The molecule has 1 aromatic rings. The van der Waals surface area contributed by atoms with Crippen LogP contribution in [0.3, 0.4) is 0 Å². The van der Waals surface area contributed by atoms with Gasteiger partial charge in [0.25, 0.3) is 6.98 Å². The minimum atomic E-state index is 0.467. The van der Waals surface area contributed by atoms with Crippen molar-refractivity contribution < 1.29 is 0 Å². The van der Waals surface area contributed by atoms with E-state index in [1.807, 2.05) is 0 Å². The molecule has 1 saturated heterocycles. The smallest absolute Gasteiger partial charge is 0.330 e. The average molecular weight is 227 g/mol. The summed E-state index contributed by atoms with van der Waals surface area (Å²) < 4.78 is 2.43. The van der Waals surface area contributed by atoms with E-state index in [0.29, 0.717) is 20.1 Å². The predicted octanol–water partition coefficient (Wildman–Crippen LogP) is 1.49. The molecule has 3 nitrogen and oxygen atoms in total. The Bertz CT molecular complexity index is 440. The SMILES string of the molecule is CB1N(C)B(C)N2c3ccccc3CC2N1C. The summed E-state index contributed by atoms with van der Waals surface area (Å²) >= 11 is 0. The number of hydrogen-bond acceptors (Lipinski definition) is 3. The molecular weight excluding hydrogens is 208 g/mol. The Morgan fingerprint density at radius 3 is 2.59 bits per heavy atom. The molecule has 0 aromatic heterocycles. The summed E-state index contributed by atoms with van der Waals surface area (Å²) in [4.78, 5) is 5.02. The van der Waals surface area contributed by atoms with Gasteiger partial charge in [-0.3, -0.25) is 0 Å². The van der Waals surface area contributed by atoms with Crippen molar-refractivity contribution in [1.29, 1.82) is 0 Å². The molecule has 1 atom stereocenters. The number of nitrogens with zero attached hydrogens (tertiary/aromatic N) is 3. The largest absolute Gasteiger partial charge is 0.387 e. The Labute approximate surface area is 105 Å². The lowest BCUT2D eigenvalue weighted by molar-refractivity contribution is 0.358. The summed E-state index contributed by atoms with van der Waals surface area (Å²) in [5, 5.41) is 0. The number of fused-ring (bicyclic) bond motifs is 3. The van der Waals surface area contributed by atoms with Gasteiger partial charge in [0.15, 0.2) is 0 Å². The molecule has 88 valence electrons. The molecule has 0 radical (unpaired) electrons. The van der Waals surface area contributed by atoms with E-state index >= 15 is 0 Å². The second-order valence-corrected chi connectivity index (χ2v) is 5.32. The van der Waals surface area contributed by atoms with Gasteiger partial charge in [-0.1, -0.05) is 31.8 Å². The van der Waals surface area contributed by atoms with Crippen molar-refractivity contribution in [1.82, 2.24) is 9.53 Å². The standard InChI is InChI=1S/C12H19B2N3/c1-13-15(3)12-9-10-7-5-6-8-11(10)17(12)14(2)16(13)4/h5-8,12H,9H2,1-4H3. The number of hydrogen-bond donors (Lipinski definition) is 0. The van der Waals surface area contributed by atoms with Gasteiger partial charge >= 0.3 is 6.98 Å². The van der Waals surface area contributed by atoms with Crippen molar-refractivity contribution in [2.45, 2.75) is 26.2 Å². The maximum Gasteiger partial charge on any atom is 0.330 e. The summed E-state index contributed by atoms with van der Waals surface area (Å²) in [6.07, 6.45) is 1.67. The minimum absolute atomic E-state index is 0.467. The second kappa shape index (κ2) is 3.79. The molecule has 1 unspecified atom stereocenters. The monoisotopic (exact) mass is 227 g/mol. The molecule has 0 amide bonds. The highest BCUT2D eigenvalue weighted by molar-refractivity contribution is 6.73. The van der Waals surface area contributed by atoms with E-state index in [2.05, 4.69) is 66.4 Å². The lowest BCUT2D eigenvalue weighted by atomic mass is 9.57. The molecule has 17 heavy (non-hydrogen) atoms. The van der Waals surface area contributed by atoms with Gasteiger partial charge in [-0.15, -0.1) is 0 Å². The number of para-hydroxylation sites is 1. The zero-order valence-corrected chi connectivity index (χ0v) is 11.1. The maximum atomic E-state index is 2.55. The second-order valence-electron chi connectivity index (χ2n) is 5.32. The first kappa shape index (κ1) is 11.2. The number of anilines is 1. The fourth-order valence-electron chi connectivity index (χ4n) is 3.23. The Kier molecular flexibility index (Phi) is 2.49. The van der Waals surface area contributed by atoms with E-state index in [1.165, 1.54) is 11.3 Å².